The van der Waals surface area contributed by atoms with E-state index in [1.54, 1.807) is 20.4 Å². The van der Waals surface area contributed by atoms with Crippen LogP contribution in [0.4, 0.5) is 5.82 Å². The summed E-state index contributed by atoms with van der Waals surface area (Å²) < 4.78 is 12.6. The average Bonchev–Trinajstić information content (AvgIpc) is 2.95. The Kier molecular flexibility index (Phi) is 4.06. The van der Waals surface area contributed by atoms with Crippen LogP contribution >= 0.6 is 0 Å². The van der Waals surface area contributed by atoms with E-state index in [2.05, 4.69) is 22.3 Å². The Balaban J connectivity index is 1.96. The van der Waals surface area contributed by atoms with Crippen LogP contribution in [0.15, 0.2) is 36.7 Å². The summed E-state index contributed by atoms with van der Waals surface area (Å²) in [7, 11) is 3.32. The minimum atomic E-state index is -0.00560. The SMILES string of the molecule is COc1ccc(OC)c(C(C)Nc2nccn3nc(C)cc23)c1. The topological polar surface area (TPSA) is 60.7 Å². The van der Waals surface area contributed by atoms with E-state index in [9.17, 15) is 0 Å². The van der Waals surface area contributed by atoms with Gasteiger partial charge in [-0.05, 0) is 38.1 Å². The number of hydrogen-bond donors (Lipinski definition) is 1. The summed E-state index contributed by atoms with van der Waals surface area (Å²) in [6.07, 6.45) is 3.57. The fourth-order valence-corrected chi connectivity index (χ4v) is 2.62. The predicted molar refractivity (Wildman–Crippen MR) is 89.3 cm³/mol. The molecule has 23 heavy (non-hydrogen) atoms. The summed E-state index contributed by atoms with van der Waals surface area (Å²) in [5, 5.41) is 7.84. The molecule has 6 heteroatoms. The first-order valence-electron chi connectivity index (χ1n) is 7.42. The molecule has 0 bridgehead atoms. The highest BCUT2D eigenvalue weighted by molar-refractivity contribution is 5.68. The van der Waals surface area contributed by atoms with Gasteiger partial charge in [0.25, 0.3) is 0 Å². The van der Waals surface area contributed by atoms with Gasteiger partial charge in [-0.1, -0.05) is 0 Å². The molecule has 0 radical (unpaired) electrons. The van der Waals surface area contributed by atoms with E-state index in [0.717, 1.165) is 34.1 Å². The first-order valence-corrected chi connectivity index (χ1v) is 7.42. The van der Waals surface area contributed by atoms with Crippen molar-refractivity contribution in [3.63, 3.8) is 0 Å². The lowest BCUT2D eigenvalue weighted by Crippen LogP contribution is -2.10. The molecule has 0 fully saturated rings. The summed E-state index contributed by atoms with van der Waals surface area (Å²) in [6.45, 7) is 4.02. The highest BCUT2D eigenvalue weighted by Gasteiger charge is 2.15. The number of methoxy groups -OCH3 is 2. The minimum Gasteiger partial charge on any atom is -0.497 e. The lowest BCUT2D eigenvalue weighted by molar-refractivity contribution is 0.397. The number of aromatic nitrogens is 3. The third kappa shape index (κ3) is 2.92. The Morgan fingerprint density at radius 2 is 2.00 bits per heavy atom. The molecule has 0 saturated carbocycles. The fraction of sp³-hybridized carbons (Fsp3) is 0.294. The molecule has 0 saturated heterocycles. The number of rotatable bonds is 5. The van der Waals surface area contributed by atoms with Gasteiger partial charge in [-0.2, -0.15) is 5.10 Å². The molecule has 6 nitrogen and oxygen atoms in total. The zero-order valence-corrected chi connectivity index (χ0v) is 13.7. The van der Waals surface area contributed by atoms with Gasteiger partial charge >= 0.3 is 0 Å². The Hall–Kier alpha value is -2.76. The van der Waals surface area contributed by atoms with Gasteiger partial charge in [0.2, 0.25) is 0 Å². The van der Waals surface area contributed by atoms with Crippen LogP contribution in [0.2, 0.25) is 0 Å². The van der Waals surface area contributed by atoms with Crippen molar-refractivity contribution >= 4 is 11.3 Å². The van der Waals surface area contributed by atoms with Gasteiger partial charge in [-0.15, -0.1) is 0 Å². The molecule has 1 N–H and O–H groups in total. The number of nitrogens with zero attached hydrogens (tertiary/aromatic N) is 3. The minimum absolute atomic E-state index is 0.00560. The molecule has 2 aromatic heterocycles. The van der Waals surface area contributed by atoms with Crippen LogP contribution in [-0.4, -0.2) is 28.8 Å². The van der Waals surface area contributed by atoms with Gasteiger partial charge in [0.15, 0.2) is 5.82 Å². The van der Waals surface area contributed by atoms with Crippen molar-refractivity contribution in [1.82, 2.24) is 14.6 Å². The van der Waals surface area contributed by atoms with Gasteiger partial charge in [-0.25, -0.2) is 9.50 Å². The van der Waals surface area contributed by atoms with Crippen molar-refractivity contribution in [3.05, 3.63) is 47.9 Å². The van der Waals surface area contributed by atoms with E-state index in [-0.39, 0.29) is 6.04 Å². The molecule has 0 spiro atoms. The van der Waals surface area contributed by atoms with Gasteiger partial charge in [-0.3, -0.25) is 0 Å². The van der Waals surface area contributed by atoms with E-state index < -0.39 is 0 Å². The zero-order valence-electron chi connectivity index (χ0n) is 13.7. The second kappa shape index (κ2) is 6.16. The smallest absolute Gasteiger partial charge is 0.152 e. The number of aryl methyl sites for hydroxylation is 1. The molecule has 0 amide bonds. The second-order valence-corrected chi connectivity index (χ2v) is 5.37. The van der Waals surface area contributed by atoms with E-state index in [4.69, 9.17) is 9.47 Å². The molecular formula is C17H20N4O2. The Morgan fingerprint density at radius 1 is 1.17 bits per heavy atom. The van der Waals surface area contributed by atoms with Crippen molar-refractivity contribution in [1.29, 1.82) is 0 Å². The van der Waals surface area contributed by atoms with Gasteiger partial charge in [0.05, 0.1) is 26.0 Å². The molecular weight excluding hydrogens is 292 g/mol. The molecule has 120 valence electrons. The highest BCUT2D eigenvalue weighted by atomic mass is 16.5. The third-order valence-electron chi connectivity index (χ3n) is 3.77. The van der Waals surface area contributed by atoms with Crippen LogP contribution in [0.5, 0.6) is 11.5 Å². The van der Waals surface area contributed by atoms with E-state index in [1.807, 2.05) is 41.9 Å². The maximum absolute atomic E-state index is 5.46. The zero-order chi connectivity index (χ0) is 16.4. The van der Waals surface area contributed by atoms with Crippen molar-refractivity contribution in [2.45, 2.75) is 19.9 Å². The van der Waals surface area contributed by atoms with E-state index in [0.29, 0.717) is 0 Å². The monoisotopic (exact) mass is 312 g/mol. The van der Waals surface area contributed by atoms with Crippen molar-refractivity contribution in [2.75, 3.05) is 19.5 Å². The summed E-state index contributed by atoms with van der Waals surface area (Å²) in [4.78, 5) is 4.44. The molecule has 1 unspecified atom stereocenters. The van der Waals surface area contributed by atoms with Crippen LogP contribution < -0.4 is 14.8 Å². The van der Waals surface area contributed by atoms with Crippen molar-refractivity contribution in [3.8, 4) is 11.5 Å². The van der Waals surface area contributed by atoms with Crippen LogP contribution in [0.25, 0.3) is 5.52 Å². The summed E-state index contributed by atoms with van der Waals surface area (Å²) in [6, 6.07) is 7.76. The molecule has 3 rings (SSSR count). The summed E-state index contributed by atoms with van der Waals surface area (Å²) >= 11 is 0. The van der Waals surface area contributed by atoms with E-state index >= 15 is 0 Å². The maximum atomic E-state index is 5.46. The van der Waals surface area contributed by atoms with Gasteiger partial charge in [0.1, 0.15) is 17.0 Å². The Labute approximate surface area is 135 Å². The first kappa shape index (κ1) is 15.1. The molecule has 1 aromatic carbocycles. The molecule has 3 aromatic rings. The fourth-order valence-electron chi connectivity index (χ4n) is 2.62. The van der Waals surface area contributed by atoms with Crippen molar-refractivity contribution in [2.24, 2.45) is 0 Å². The molecule has 2 heterocycles. The molecule has 0 aliphatic rings. The molecule has 0 aliphatic heterocycles. The maximum Gasteiger partial charge on any atom is 0.152 e. The van der Waals surface area contributed by atoms with Crippen LogP contribution in [0.3, 0.4) is 0 Å². The Morgan fingerprint density at radius 3 is 2.74 bits per heavy atom. The largest absolute Gasteiger partial charge is 0.497 e. The number of fused-ring (bicyclic) bond motifs is 1. The first-order chi connectivity index (χ1) is 11.1. The quantitative estimate of drug-likeness (QED) is 0.784. The summed E-state index contributed by atoms with van der Waals surface area (Å²) in [5.74, 6) is 2.38. The van der Waals surface area contributed by atoms with Crippen LogP contribution in [-0.2, 0) is 0 Å². The number of hydrogen-bond acceptors (Lipinski definition) is 5. The number of nitrogens with one attached hydrogen (secondary N) is 1. The molecule has 0 aliphatic carbocycles. The lowest BCUT2D eigenvalue weighted by atomic mass is 10.1. The molecule has 1 atom stereocenters. The number of benzene rings is 1. The van der Waals surface area contributed by atoms with Crippen LogP contribution in [0.1, 0.15) is 24.2 Å². The van der Waals surface area contributed by atoms with Gasteiger partial charge < -0.3 is 14.8 Å². The highest BCUT2D eigenvalue weighted by Crippen LogP contribution is 2.31. The van der Waals surface area contributed by atoms with Crippen molar-refractivity contribution < 1.29 is 9.47 Å². The predicted octanol–water partition coefficient (Wildman–Crippen LogP) is 3.23. The number of ether oxygens (including phenoxy) is 2. The average molecular weight is 312 g/mol. The second-order valence-electron chi connectivity index (χ2n) is 5.37. The van der Waals surface area contributed by atoms with Crippen LogP contribution in [0, 0.1) is 6.92 Å². The van der Waals surface area contributed by atoms with E-state index in [1.165, 1.54) is 0 Å². The Bertz CT molecular complexity index is 829. The standard InChI is InChI=1S/C17H20N4O2/c1-11-9-15-17(18-7-8-21(15)20-11)19-12(2)14-10-13(22-3)5-6-16(14)23-4/h5-10,12H,1-4H3,(H,18,19). The summed E-state index contributed by atoms with van der Waals surface area (Å²) in [5.41, 5.74) is 2.90. The third-order valence-corrected chi connectivity index (χ3v) is 3.77. The number of anilines is 1. The van der Waals surface area contributed by atoms with Gasteiger partial charge in [0, 0.05) is 18.0 Å². The lowest BCUT2D eigenvalue weighted by Gasteiger charge is -2.19. The normalized spacial score (nSPS) is 12.2.